The summed E-state index contributed by atoms with van der Waals surface area (Å²) < 4.78 is 25.6. The number of benzene rings is 4. The Morgan fingerprint density at radius 1 is 0.796 bits per heavy atom. The highest BCUT2D eigenvalue weighted by Crippen LogP contribution is 2.44. The van der Waals surface area contributed by atoms with Crippen molar-refractivity contribution in [1.82, 2.24) is 5.32 Å². The third kappa shape index (κ3) is 9.83. The molecule has 0 atom stereocenters. The minimum atomic E-state index is -3.30. The van der Waals surface area contributed by atoms with Crippen molar-refractivity contribution >= 4 is 42.8 Å². The maximum absolute atomic E-state index is 12.9. The lowest BCUT2D eigenvalue weighted by molar-refractivity contribution is -0.136. The van der Waals surface area contributed by atoms with Crippen LogP contribution in [0.1, 0.15) is 43.7 Å². The first kappa shape index (κ1) is 36.4. The zero-order valence-corrected chi connectivity index (χ0v) is 30.0. The van der Waals surface area contributed by atoms with E-state index in [1.165, 1.54) is 22.3 Å². The van der Waals surface area contributed by atoms with Gasteiger partial charge in [0.1, 0.15) is 6.61 Å². The highest BCUT2D eigenvalue weighted by molar-refractivity contribution is 7.99. The van der Waals surface area contributed by atoms with Crippen molar-refractivity contribution in [3.05, 3.63) is 120 Å². The molecule has 258 valence electrons. The molecule has 49 heavy (non-hydrogen) atoms. The summed E-state index contributed by atoms with van der Waals surface area (Å²) in [5, 5.41) is 13.6. The number of ether oxygens (including phenoxy) is 2. The Bertz CT molecular complexity index is 1570. The van der Waals surface area contributed by atoms with Gasteiger partial charge in [-0.05, 0) is 58.6 Å². The predicted molar refractivity (Wildman–Crippen MR) is 197 cm³/mol. The Labute approximate surface area is 294 Å². The average molecular weight is 700 g/mol. The van der Waals surface area contributed by atoms with Gasteiger partial charge in [0.25, 0.3) is 0 Å². The summed E-state index contributed by atoms with van der Waals surface area (Å²) in [5.74, 6) is 0.641. The van der Waals surface area contributed by atoms with Crippen molar-refractivity contribution in [2.24, 2.45) is 0 Å². The van der Waals surface area contributed by atoms with Gasteiger partial charge in [-0.3, -0.25) is 4.79 Å². The number of hydrogen-bond donors (Lipinski definition) is 2. The fourth-order valence-electron chi connectivity index (χ4n) is 6.05. The molecule has 5 rings (SSSR count). The van der Waals surface area contributed by atoms with E-state index >= 15 is 0 Å². The molecule has 0 saturated heterocycles. The van der Waals surface area contributed by atoms with E-state index in [-0.39, 0.29) is 32.1 Å². The molecule has 0 aliphatic heterocycles. The van der Waals surface area contributed by atoms with Gasteiger partial charge in [0, 0.05) is 24.8 Å². The third-order valence-electron chi connectivity index (χ3n) is 8.24. The van der Waals surface area contributed by atoms with E-state index in [0.29, 0.717) is 19.0 Å². The van der Waals surface area contributed by atoms with Crippen molar-refractivity contribution in [2.45, 2.75) is 38.2 Å². The van der Waals surface area contributed by atoms with Gasteiger partial charge in [-0.1, -0.05) is 109 Å². The number of hydrogen-bond acceptors (Lipinski definition) is 7. The van der Waals surface area contributed by atoms with Crippen LogP contribution in [0, 0.1) is 0 Å². The molecule has 1 amide bonds. The van der Waals surface area contributed by atoms with Crippen molar-refractivity contribution in [2.75, 3.05) is 44.5 Å². The van der Waals surface area contributed by atoms with Crippen molar-refractivity contribution < 1.29 is 33.0 Å². The first-order valence-corrected chi connectivity index (χ1v) is 19.7. The van der Waals surface area contributed by atoms with Crippen LogP contribution in [0.5, 0.6) is 0 Å². The standard InChI is InChI=1S/C39H45NO7SSi/c1-39(2,29-44-24-13-26-48-27-22-37(41)42)47-49(30-14-5-3-6-15-30,31-16-7-4-8-17-31)46-25-23-40-38(43)45-28-36-34-20-11-9-18-32(34)33-19-10-12-21-35(33)36/h3-12,14-21,36H,13,22-29H2,1-2H3,(H,40,43)(H,41,42). The van der Waals surface area contributed by atoms with Crippen LogP contribution in [0.25, 0.3) is 11.1 Å². The Balaban J connectivity index is 1.20. The number of alkyl carbamates (subject to hydrolysis) is 1. The zero-order valence-electron chi connectivity index (χ0n) is 28.1. The van der Waals surface area contributed by atoms with E-state index in [9.17, 15) is 9.59 Å². The fourth-order valence-corrected chi connectivity index (χ4v) is 10.3. The first-order chi connectivity index (χ1) is 23.8. The van der Waals surface area contributed by atoms with E-state index in [1.807, 2.05) is 98.8 Å². The summed E-state index contributed by atoms with van der Waals surface area (Å²) in [5.41, 5.74) is 4.00. The molecular formula is C39H45NO7SSi. The van der Waals surface area contributed by atoms with E-state index in [4.69, 9.17) is 23.4 Å². The quantitative estimate of drug-likeness (QED) is 0.0881. The lowest BCUT2D eigenvalue weighted by Crippen LogP contribution is -2.67. The lowest BCUT2D eigenvalue weighted by Gasteiger charge is -2.39. The second-order valence-electron chi connectivity index (χ2n) is 12.5. The number of amides is 1. The fraction of sp³-hybridized carbons (Fsp3) is 0.333. The second-order valence-corrected chi connectivity index (χ2v) is 16.6. The molecule has 0 aromatic heterocycles. The maximum Gasteiger partial charge on any atom is 0.407 e. The number of fused-ring (bicyclic) bond motifs is 3. The number of carbonyl (C=O) groups excluding carboxylic acids is 1. The van der Waals surface area contributed by atoms with Crippen LogP contribution in [0.3, 0.4) is 0 Å². The first-order valence-electron chi connectivity index (χ1n) is 16.7. The largest absolute Gasteiger partial charge is 0.481 e. The molecule has 0 heterocycles. The van der Waals surface area contributed by atoms with E-state index in [0.717, 1.165) is 22.5 Å². The number of nitrogens with one attached hydrogen (secondary N) is 1. The number of carboxylic acid groups (broad SMARTS) is 1. The summed E-state index contributed by atoms with van der Waals surface area (Å²) >= 11 is 1.62. The number of aliphatic carboxylic acids is 1. The molecule has 2 N–H and O–H groups in total. The van der Waals surface area contributed by atoms with Crippen LogP contribution < -0.4 is 15.7 Å². The van der Waals surface area contributed by atoms with Crippen LogP contribution in [0.2, 0.25) is 0 Å². The zero-order chi connectivity index (χ0) is 34.5. The van der Waals surface area contributed by atoms with Crippen LogP contribution in [0.15, 0.2) is 109 Å². The van der Waals surface area contributed by atoms with Gasteiger partial charge in [-0.15, -0.1) is 0 Å². The number of rotatable bonds is 19. The van der Waals surface area contributed by atoms with E-state index in [2.05, 4.69) is 29.6 Å². The van der Waals surface area contributed by atoms with Crippen molar-refractivity contribution in [3.8, 4) is 11.1 Å². The molecule has 0 unspecified atom stereocenters. The molecule has 0 spiro atoms. The molecule has 4 aromatic rings. The van der Waals surface area contributed by atoms with Gasteiger partial charge in [0.05, 0.1) is 25.2 Å². The molecule has 1 aliphatic rings. The SMILES string of the molecule is CC(C)(COCCCSCCC(=O)O)O[Si](OCCNC(=O)OCC1c2ccccc2-c2ccccc21)(c1ccccc1)c1ccccc1. The maximum atomic E-state index is 12.9. The summed E-state index contributed by atoms with van der Waals surface area (Å²) in [7, 11) is -3.30. The van der Waals surface area contributed by atoms with Crippen LogP contribution in [-0.2, 0) is 23.1 Å². The molecule has 0 saturated carbocycles. The Hall–Kier alpha value is -3.93. The minimum absolute atomic E-state index is 0.0147. The molecule has 0 bridgehead atoms. The van der Waals surface area contributed by atoms with Gasteiger partial charge in [-0.2, -0.15) is 11.8 Å². The number of carboxylic acids is 1. The van der Waals surface area contributed by atoms with Gasteiger partial charge < -0.3 is 28.7 Å². The minimum Gasteiger partial charge on any atom is -0.481 e. The summed E-state index contributed by atoms with van der Waals surface area (Å²) in [6, 6.07) is 36.5. The molecule has 0 fully saturated rings. The number of carbonyl (C=O) groups is 2. The van der Waals surface area contributed by atoms with Gasteiger partial charge in [-0.25, -0.2) is 4.79 Å². The topological polar surface area (TPSA) is 103 Å². The van der Waals surface area contributed by atoms with Gasteiger partial charge in [0.2, 0.25) is 0 Å². The number of thioether (sulfide) groups is 1. The molecular weight excluding hydrogens is 655 g/mol. The highest BCUT2D eigenvalue weighted by Gasteiger charge is 2.47. The molecule has 1 aliphatic carbocycles. The van der Waals surface area contributed by atoms with Gasteiger partial charge >= 0.3 is 20.6 Å². The van der Waals surface area contributed by atoms with E-state index in [1.54, 1.807) is 11.8 Å². The predicted octanol–water partition coefficient (Wildman–Crippen LogP) is 6.21. The third-order valence-corrected chi connectivity index (χ3v) is 12.9. The molecule has 10 heteroatoms. The van der Waals surface area contributed by atoms with Crippen LogP contribution >= 0.6 is 11.8 Å². The normalized spacial score (nSPS) is 12.7. The average Bonchev–Trinajstić information content (AvgIpc) is 3.44. The summed E-state index contributed by atoms with van der Waals surface area (Å²) in [4.78, 5) is 23.7. The monoisotopic (exact) mass is 699 g/mol. The van der Waals surface area contributed by atoms with Crippen molar-refractivity contribution in [1.29, 1.82) is 0 Å². The van der Waals surface area contributed by atoms with Crippen LogP contribution in [-0.4, -0.2) is 75.8 Å². The Morgan fingerprint density at radius 2 is 1.37 bits per heavy atom. The van der Waals surface area contributed by atoms with Crippen LogP contribution in [0.4, 0.5) is 4.79 Å². The van der Waals surface area contributed by atoms with Crippen molar-refractivity contribution in [3.63, 3.8) is 0 Å². The Morgan fingerprint density at radius 3 is 1.96 bits per heavy atom. The molecule has 4 aromatic carbocycles. The highest BCUT2D eigenvalue weighted by atomic mass is 32.2. The lowest BCUT2D eigenvalue weighted by atomic mass is 9.98. The second kappa shape index (κ2) is 17.6. The Kier molecular flexibility index (Phi) is 13.1. The van der Waals surface area contributed by atoms with E-state index < -0.39 is 26.2 Å². The molecule has 0 radical (unpaired) electrons. The summed E-state index contributed by atoms with van der Waals surface area (Å²) in [6.07, 6.45) is 0.491. The molecule has 8 nitrogen and oxygen atoms in total. The summed E-state index contributed by atoms with van der Waals surface area (Å²) in [6.45, 7) is 5.59. The van der Waals surface area contributed by atoms with Gasteiger partial charge in [0.15, 0.2) is 0 Å². The smallest absolute Gasteiger partial charge is 0.407 e.